The number of carbonyl (C=O) groups excluding carboxylic acids is 1. The molecule has 1 aliphatic rings. The Kier molecular flexibility index (Phi) is 5.21. The molecule has 1 aliphatic heterocycles. The van der Waals surface area contributed by atoms with E-state index in [9.17, 15) is 9.90 Å². The molecule has 0 bridgehead atoms. The monoisotopic (exact) mass is 370 g/mol. The second kappa shape index (κ2) is 7.57. The van der Waals surface area contributed by atoms with Crippen LogP contribution in [-0.2, 0) is 4.79 Å². The third-order valence-electron chi connectivity index (χ3n) is 4.51. The Balaban J connectivity index is 2.01. The standard InChI is InChI=1S/C20H22N2O5/c1-12(23)22-17(11-16(21-22)13-5-7-15(24)8-6-13)14-9-18(25-2)20(27-4)19(10-14)26-3/h5-10,17,24H,11H2,1-4H3/t17-/m0/s1. The van der Waals surface area contributed by atoms with Crippen molar-refractivity contribution in [2.24, 2.45) is 5.10 Å². The van der Waals surface area contributed by atoms with Gasteiger partial charge < -0.3 is 19.3 Å². The molecule has 1 heterocycles. The molecule has 0 fully saturated rings. The molecule has 7 heteroatoms. The van der Waals surface area contributed by atoms with Crippen molar-refractivity contribution >= 4 is 11.6 Å². The van der Waals surface area contributed by atoms with Crippen molar-refractivity contribution in [3.63, 3.8) is 0 Å². The lowest BCUT2D eigenvalue weighted by atomic mass is 9.97. The molecule has 3 rings (SSSR count). The van der Waals surface area contributed by atoms with E-state index in [0.717, 1.165) is 16.8 Å². The Morgan fingerprint density at radius 2 is 1.67 bits per heavy atom. The maximum Gasteiger partial charge on any atom is 0.240 e. The predicted molar refractivity (Wildman–Crippen MR) is 101 cm³/mol. The van der Waals surface area contributed by atoms with Crippen LogP contribution in [-0.4, -0.2) is 43.1 Å². The van der Waals surface area contributed by atoms with E-state index in [1.54, 1.807) is 45.6 Å². The van der Waals surface area contributed by atoms with Gasteiger partial charge in [0, 0.05) is 13.3 Å². The fourth-order valence-electron chi connectivity index (χ4n) is 3.18. The molecule has 0 saturated heterocycles. The highest BCUT2D eigenvalue weighted by Crippen LogP contribution is 2.43. The average molecular weight is 370 g/mol. The summed E-state index contributed by atoms with van der Waals surface area (Å²) in [6.45, 7) is 1.48. The van der Waals surface area contributed by atoms with E-state index < -0.39 is 0 Å². The van der Waals surface area contributed by atoms with Crippen molar-refractivity contribution < 1.29 is 24.1 Å². The summed E-state index contributed by atoms with van der Waals surface area (Å²) in [5.74, 6) is 1.56. The van der Waals surface area contributed by atoms with Gasteiger partial charge >= 0.3 is 0 Å². The first-order valence-electron chi connectivity index (χ1n) is 8.45. The highest BCUT2D eigenvalue weighted by Gasteiger charge is 2.32. The normalized spacial score (nSPS) is 16.1. The molecule has 2 aromatic carbocycles. The number of methoxy groups -OCH3 is 3. The predicted octanol–water partition coefficient (Wildman–Crippen LogP) is 3.12. The van der Waals surface area contributed by atoms with Crippen molar-refractivity contribution in [2.75, 3.05) is 21.3 Å². The number of ether oxygens (including phenoxy) is 3. The molecular weight excluding hydrogens is 348 g/mol. The number of rotatable bonds is 5. The molecule has 0 aliphatic carbocycles. The molecule has 0 spiro atoms. The minimum absolute atomic E-state index is 0.164. The van der Waals surface area contributed by atoms with E-state index >= 15 is 0 Å². The maximum atomic E-state index is 12.2. The second-order valence-corrected chi connectivity index (χ2v) is 6.14. The summed E-state index contributed by atoms with van der Waals surface area (Å²) in [5, 5.41) is 15.5. The van der Waals surface area contributed by atoms with Gasteiger partial charge in [0.05, 0.1) is 33.1 Å². The van der Waals surface area contributed by atoms with Crippen molar-refractivity contribution in [1.82, 2.24) is 5.01 Å². The lowest BCUT2D eigenvalue weighted by molar-refractivity contribution is -0.130. The summed E-state index contributed by atoms with van der Waals surface area (Å²) < 4.78 is 16.2. The summed E-state index contributed by atoms with van der Waals surface area (Å²) in [7, 11) is 4.65. The van der Waals surface area contributed by atoms with Crippen LogP contribution >= 0.6 is 0 Å². The smallest absolute Gasteiger partial charge is 0.240 e. The fourth-order valence-corrected chi connectivity index (χ4v) is 3.18. The molecule has 142 valence electrons. The van der Waals surface area contributed by atoms with Crippen molar-refractivity contribution in [3.8, 4) is 23.0 Å². The molecule has 7 nitrogen and oxygen atoms in total. The third-order valence-corrected chi connectivity index (χ3v) is 4.51. The molecule has 0 aromatic heterocycles. The van der Waals surface area contributed by atoms with E-state index in [1.165, 1.54) is 11.9 Å². The largest absolute Gasteiger partial charge is 0.508 e. The minimum atomic E-state index is -0.292. The molecule has 27 heavy (non-hydrogen) atoms. The SMILES string of the molecule is COc1cc([C@@H]2CC(c3ccc(O)cc3)=NN2C(C)=O)cc(OC)c1OC. The second-order valence-electron chi connectivity index (χ2n) is 6.14. The Bertz CT molecular complexity index is 851. The number of benzene rings is 2. The molecule has 0 saturated carbocycles. The van der Waals surface area contributed by atoms with Gasteiger partial charge in [0.1, 0.15) is 5.75 Å². The van der Waals surface area contributed by atoms with Crippen LogP contribution in [0.1, 0.15) is 30.5 Å². The highest BCUT2D eigenvalue weighted by atomic mass is 16.5. The fraction of sp³-hybridized carbons (Fsp3) is 0.300. The van der Waals surface area contributed by atoms with Crippen LogP contribution in [0.25, 0.3) is 0 Å². The van der Waals surface area contributed by atoms with E-state index in [4.69, 9.17) is 14.2 Å². The van der Waals surface area contributed by atoms with Crippen LogP contribution in [0.2, 0.25) is 0 Å². The van der Waals surface area contributed by atoms with Crippen LogP contribution in [0, 0.1) is 0 Å². The van der Waals surface area contributed by atoms with Gasteiger partial charge in [-0.25, -0.2) is 5.01 Å². The van der Waals surface area contributed by atoms with E-state index in [-0.39, 0.29) is 17.7 Å². The van der Waals surface area contributed by atoms with Gasteiger partial charge in [-0.15, -0.1) is 0 Å². The Morgan fingerprint density at radius 3 is 2.15 bits per heavy atom. The number of nitrogens with zero attached hydrogens (tertiary/aromatic N) is 2. The molecule has 1 N–H and O–H groups in total. The number of carbonyl (C=O) groups is 1. The van der Waals surface area contributed by atoms with E-state index in [2.05, 4.69) is 5.10 Å². The summed E-state index contributed by atoms with van der Waals surface area (Å²) >= 11 is 0. The molecule has 0 unspecified atom stereocenters. The minimum Gasteiger partial charge on any atom is -0.508 e. The van der Waals surface area contributed by atoms with Crippen molar-refractivity contribution in [1.29, 1.82) is 0 Å². The number of aromatic hydroxyl groups is 1. The third kappa shape index (κ3) is 3.53. The zero-order valence-electron chi connectivity index (χ0n) is 15.7. The first-order valence-corrected chi connectivity index (χ1v) is 8.45. The van der Waals surface area contributed by atoms with Crippen LogP contribution in [0.3, 0.4) is 0 Å². The van der Waals surface area contributed by atoms with E-state index in [0.29, 0.717) is 23.7 Å². The Hall–Kier alpha value is -3.22. The van der Waals surface area contributed by atoms with Gasteiger partial charge in [0.25, 0.3) is 0 Å². The summed E-state index contributed by atoms with van der Waals surface area (Å²) in [6.07, 6.45) is 0.531. The average Bonchev–Trinajstić information content (AvgIpc) is 3.13. The number of hydrogen-bond acceptors (Lipinski definition) is 6. The van der Waals surface area contributed by atoms with Gasteiger partial charge in [-0.1, -0.05) is 0 Å². The number of phenols is 1. The lowest BCUT2D eigenvalue weighted by Crippen LogP contribution is -2.24. The highest BCUT2D eigenvalue weighted by molar-refractivity contribution is 6.03. The van der Waals surface area contributed by atoms with Gasteiger partial charge in [-0.05, 0) is 47.5 Å². The van der Waals surface area contributed by atoms with Gasteiger partial charge in [-0.2, -0.15) is 5.10 Å². The zero-order chi connectivity index (χ0) is 19.6. The molecule has 1 amide bonds. The number of phenolic OH excluding ortho intramolecular Hbond substituents is 1. The summed E-state index contributed by atoms with van der Waals surface area (Å²) in [5.41, 5.74) is 2.45. The van der Waals surface area contributed by atoms with Crippen LogP contribution in [0.5, 0.6) is 23.0 Å². The van der Waals surface area contributed by atoms with Crippen LogP contribution < -0.4 is 14.2 Å². The molecular formula is C20H22N2O5. The summed E-state index contributed by atoms with van der Waals surface area (Å²) in [4.78, 5) is 12.2. The van der Waals surface area contributed by atoms with Gasteiger partial charge in [-0.3, -0.25) is 4.79 Å². The molecule has 1 atom stereocenters. The maximum absolute atomic E-state index is 12.2. The lowest BCUT2D eigenvalue weighted by Gasteiger charge is -2.22. The quantitative estimate of drug-likeness (QED) is 0.875. The first-order chi connectivity index (χ1) is 13.0. The zero-order valence-corrected chi connectivity index (χ0v) is 15.7. The Labute approximate surface area is 157 Å². The topological polar surface area (TPSA) is 80.6 Å². The molecule has 0 radical (unpaired) electrons. The molecule has 2 aromatic rings. The van der Waals surface area contributed by atoms with Crippen LogP contribution in [0.4, 0.5) is 0 Å². The van der Waals surface area contributed by atoms with Gasteiger partial charge in [0.2, 0.25) is 11.7 Å². The number of hydrogen-bond donors (Lipinski definition) is 1. The number of hydrazone groups is 1. The first kappa shape index (κ1) is 18.6. The van der Waals surface area contributed by atoms with E-state index in [1.807, 2.05) is 12.1 Å². The Morgan fingerprint density at radius 1 is 1.07 bits per heavy atom. The summed E-state index contributed by atoms with van der Waals surface area (Å²) in [6, 6.07) is 10.1. The van der Waals surface area contributed by atoms with Crippen molar-refractivity contribution in [3.05, 3.63) is 47.5 Å². The van der Waals surface area contributed by atoms with Crippen molar-refractivity contribution in [2.45, 2.75) is 19.4 Å². The number of amides is 1. The van der Waals surface area contributed by atoms with Gasteiger partial charge in [0.15, 0.2) is 11.5 Å². The van der Waals surface area contributed by atoms with Crippen LogP contribution in [0.15, 0.2) is 41.5 Å².